The molecule has 0 unspecified atom stereocenters. The van der Waals surface area contributed by atoms with Crippen LogP contribution in [0.2, 0.25) is 0 Å². The van der Waals surface area contributed by atoms with E-state index in [2.05, 4.69) is 41.6 Å². The van der Waals surface area contributed by atoms with Crippen molar-refractivity contribution in [3.63, 3.8) is 0 Å². The Balaban J connectivity index is 2.25. The highest BCUT2D eigenvalue weighted by atomic mass is 32.1. The summed E-state index contributed by atoms with van der Waals surface area (Å²) >= 11 is 1.73. The van der Waals surface area contributed by atoms with Crippen molar-refractivity contribution in [2.45, 2.75) is 20.3 Å². The Morgan fingerprint density at radius 1 is 1.21 bits per heavy atom. The van der Waals surface area contributed by atoms with Crippen LogP contribution in [-0.2, 0) is 6.42 Å². The van der Waals surface area contributed by atoms with E-state index in [1.807, 2.05) is 13.0 Å². The summed E-state index contributed by atoms with van der Waals surface area (Å²) in [6, 6.07) is 10.4. The number of aromatic nitrogens is 1. The summed E-state index contributed by atoms with van der Waals surface area (Å²) < 4.78 is 1.27. The Hall–Kier alpha value is -1.87. The van der Waals surface area contributed by atoms with Gasteiger partial charge in [-0.3, -0.25) is 4.79 Å². The molecule has 2 nitrogen and oxygen atoms in total. The average molecular weight is 269 g/mol. The number of pyridine rings is 1. The van der Waals surface area contributed by atoms with Gasteiger partial charge in [-0.05, 0) is 59.5 Å². The third-order valence-electron chi connectivity index (χ3n) is 3.43. The third-order valence-corrected chi connectivity index (χ3v) is 4.33. The molecular formula is C16H15NOS. The lowest BCUT2D eigenvalue weighted by Crippen LogP contribution is -2.12. The van der Waals surface area contributed by atoms with Gasteiger partial charge in [-0.15, -0.1) is 11.3 Å². The van der Waals surface area contributed by atoms with Crippen molar-refractivity contribution in [2.24, 2.45) is 0 Å². The summed E-state index contributed by atoms with van der Waals surface area (Å²) in [6.45, 7) is 3.96. The highest BCUT2D eigenvalue weighted by molar-refractivity contribution is 7.17. The van der Waals surface area contributed by atoms with Gasteiger partial charge in [0.1, 0.15) is 0 Å². The number of hydrogen-bond acceptors (Lipinski definition) is 2. The Morgan fingerprint density at radius 2 is 2.05 bits per heavy atom. The maximum absolute atomic E-state index is 11.8. The zero-order valence-electron chi connectivity index (χ0n) is 11.0. The summed E-state index contributed by atoms with van der Waals surface area (Å²) in [5.74, 6) is 0. The molecule has 1 aromatic carbocycles. The van der Waals surface area contributed by atoms with E-state index in [1.165, 1.54) is 15.6 Å². The van der Waals surface area contributed by atoms with Gasteiger partial charge in [-0.1, -0.05) is 13.0 Å². The van der Waals surface area contributed by atoms with Crippen LogP contribution in [0.25, 0.3) is 21.3 Å². The lowest BCUT2D eigenvalue weighted by atomic mass is 10.0. The van der Waals surface area contributed by atoms with Crippen LogP contribution in [0.3, 0.4) is 0 Å². The van der Waals surface area contributed by atoms with Gasteiger partial charge < -0.3 is 4.98 Å². The Kier molecular flexibility index (Phi) is 2.99. The van der Waals surface area contributed by atoms with Gasteiger partial charge >= 0.3 is 0 Å². The molecule has 2 aromatic heterocycles. The maximum Gasteiger partial charge on any atom is 0.251 e. The van der Waals surface area contributed by atoms with Crippen molar-refractivity contribution in [2.75, 3.05) is 0 Å². The molecule has 3 rings (SSSR count). The van der Waals surface area contributed by atoms with Crippen LogP contribution in [0.1, 0.15) is 18.1 Å². The first-order valence-corrected chi connectivity index (χ1v) is 7.27. The van der Waals surface area contributed by atoms with Gasteiger partial charge in [0, 0.05) is 10.3 Å². The second-order valence-electron chi connectivity index (χ2n) is 4.71. The number of H-pyrrole nitrogens is 1. The number of rotatable bonds is 2. The smallest absolute Gasteiger partial charge is 0.251 e. The molecule has 0 bridgehead atoms. The van der Waals surface area contributed by atoms with Crippen LogP contribution >= 0.6 is 11.3 Å². The molecule has 0 spiro atoms. The summed E-state index contributed by atoms with van der Waals surface area (Å²) in [5.41, 5.74) is 3.99. The third kappa shape index (κ3) is 2.10. The molecule has 2 heterocycles. The van der Waals surface area contributed by atoms with E-state index in [0.29, 0.717) is 0 Å². The van der Waals surface area contributed by atoms with E-state index in [9.17, 15) is 4.79 Å². The minimum atomic E-state index is -0.00221. The van der Waals surface area contributed by atoms with Crippen molar-refractivity contribution in [1.82, 2.24) is 4.98 Å². The minimum Gasteiger partial charge on any atom is -0.321 e. The number of aryl methyl sites for hydroxylation is 2. The SMILES string of the molecule is CCc1cc(C)c(=O)[nH]c1-c1ccc2sccc2c1. The number of benzene rings is 1. The van der Waals surface area contributed by atoms with Crippen LogP contribution in [-0.4, -0.2) is 4.98 Å². The monoisotopic (exact) mass is 269 g/mol. The molecule has 0 saturated carbocycles. The van der Waals surface area contributed by atoms with E-state index in [4.69, 9.17) is 0 Å². The molecule has 0 radical (unpaired) electrons. The summed E-state index contributed by atoms with van der Waals surface area (Å²) in [6.07, 6.45) is 0.911. The number of aromatic amines is 1. The van der Waals surface area contributed by atoms with E-state index in [1.54, 1.807) is 11.3 Å². The lowest BCUT2D eigenvalue weighted by Gasteiger charge is -2.09. The van der Waals surface area contributed by atoms with Crippen molar-refractivity contribution in [1.29, 1.82) is 0 Å². The van der Waals surface area contributed by atoms with E-state index < -0.39 is 0 Å². The Labute approximate surface area is 115 Å². The fraction of sp³-hybridized carbons (Fsp3) is 0.188. The molecule has 0 aliphatic heterocycles. The van der Waals surface area contributed by atoms with Crippen molar-refractivity contribution in [3.05, 3.63) is 57.2 Å². The standard InChI is InChI=1S/C16H15NOS/c1-3-11-8-10(2)16(18)17-15(11)13-4-5-14-12(9-13)6-7-19-14/h4-9H,3H2,1-2H3,(H,17,18). The fourth-order valence-corrected chi connectivity index (χ4v) is 3.12. The molecule has 0 aliphatic carbocycles. The molecule has 0 fully saturated rings. The first-order chi connectivity index (χ1) is 9.19. The second-order valence-corrected chi connectivity index (χ2v) is 5.66. The second kappa shape index (κ2) is 4.67. The van der Waals surface area contributed by atoms with Gasteiger partial charge in [0.2, 0.25) is 0 Å². The lowest BCUT2D eigenvalue weighted by molar-refractivity contribution is 1.07. The van der Waals surface area contributed by atoms with E-state index in [-0.39, 0.29) is 5.56 Å². The normalized spacial score (nSPS) is 11.1. The van der Waals surface area contributed by atoms with Crippen LogP contribution in [0.5, 0.6) is 0 Å². The molecule has 0 atom stereocenters. The number of fused-ring (bicyclic) bond motifs is 1. The van der Waals surface area contributed by atoms with Crippen molar-refractivity contribution >= 4 is 21.4 Å². The molecule has 1 N–H and O–H groups in total. The molecule has 3 aromatic rings. The first-order valence-electron chi connectivity index (χ1n) is 6.39. The maximum atomic E-state index is 11.8. The highest BCUT2D eigenvalue weighted by Gasteiger charge is 2.08. The van der Waals surface area contributed by atoms with Gasteiger partial charge in [0.05, 0.1) is 5.69 Å². The fourth-order valence-electron chi connectivity index (χ4n) is 2.35. The molecule has 0 aliphatic rings. The molecular weight excluding hydrogens is 254 g/mol. The zero-order valence-corrected chi connectivity index (χ0v) is 11.8. The first kappa shape index (κ1) is 12.2. The summed E-state index contributed by atoms with van der Waals surface area (Å²) in [4.78, 5) is 14.9. The van der Waals surface area contributed by atoms with Gasteiger partial charge in [-0.25, -0.2) is 0 Å². The largest absolute Gasteiger partial charge is 0.321 e. The number of thiophene rings is 1. The zero-order chi connectivity index (χ0) is 13.4. The number of hydrogen-bond donors (Lipinski definition) is 1. The van der Waals surface area contributed by atoms with Gasteiger partial charge in [-0.2, -0.15) is 0 Å². The van der Waals surface area contributed by atoms with Crippen LogP contribution < -0.4 is 5.56 Å². The van der Waals surface area contributed by atoms with Crippen LogP contribution in [0.15, 0.2) is 40.5 Å². The predicted molar refractivity (Wildman–Crippen MR) is 82.0 cm³/mol. The number of nitrogens with one attached hydrogen (secondary N) is 1. The molecule has 0 amide bonds. The minimum absolute atomic E-state index is 0.00221. The Morgan fingerprint density at radius 3 is 2.84 bits per heavy atom. The average Bonchev–Trinajstić information content (AvgIpc) is 2.88. The van der Waals surface area contributed by atoms with Crippen LogP contribution in [0, 0.1) is 6.92 Å². The molecule has 96 valence electrons. The predicted octanol–water partition coefficient (Wildman–Crippen LogP) is 4.13. The topological polar surface area (TPSA) is 32.9 Å². The summed E-state index contributed by atoms with van der Waals surface area (Å²) in [5, 5.41) is 3.32. The van der Waals surface area contributed by atoms with Crippen molar-refractivity contribution < 1.29 is 0 Å². The van der Waals surface area contributed by atoms with Crippen molar-refractivity contribution in [3.8, 4) is 11.3 Å². The Bertz CT molecular complexity index is 798. The highest BCUT2D eigenvalue weighted by Crippen LogP contribution is 2.28. The van der Waals surface area contributed by atoms with Gasteiger partial charge in [0.15, 0.2) is 0 Å². The van der Waals surface area contributed by atoms with E-state index >= 15 is 0 Å². The van der Waals surface area contributed by atoms with Gasteiger partial charge in [0.25, 0.3) is 5.56 Å². The quantitative estimate of drug-likeness (QED) is 0.745. The molecule has 0 saturated heterocycles. The van der Waals surface area contributed by atoms with Crippen LogP contribution in [0.4, 0.5) is 0 Å². The molecule has 3 heteroatoms. The van der Waals surface area contributed by atoms with E-state index in [0.717, 1.165) is 23.2 Å². The molecule has 19 heavy (non-hydrogen) atoms. The summed E-state index contributed by atoms with van der Waals surface area (Å²) in [7, 11) is 0.